The molecule has 0 spiro atoms. The van der Waals surface area contributed by atoms with Crippen LogP contribution in [0.4, 0.5) is 0 Å². The van der Waals surface area contributed by atoms with E-state index in [9.17, 15) is 29.1 Å². The Balaban J connectivity index is 0.000000190. The number of amides is 1. The molecule has 0 bridgehead atoms. The Morgan fingerprint density at radius 1 is 0.663 bits per heavy atom. The van der Waals surface area contributed by atoms with Crippen LogP contribution in [0, 0.1) is 0 Å². The summed E-state index contributed by atoms with van der Waals surface area (Å²) in [6, 6.07) is 22.2. The third kappa shape index (κ3) is 14.0. The van der Waals surface area contributed by atoms with E-state index in [1.165, 1.54) is 24.6 Å². The molecule has 27 heteroatoms. The van der Waals surface area contributed by atoms with Gasteiger partial charge in [-0.25, -0.2) is 19.0 Å². The summed E-state index contributed by atoms with van der Waals surface area (Å²) in [5.74, 6) is -1.61. The number of rotatable bonds is 19. The van der Waals surface area contributed by atoms with Gasteiger partial charge in [-0.05, 0) is 60.6 Å². The second-order valence-corrected chi connectivity index (χ2v) is 37.5. The van der Waals surface area contributed by atoms with Crippen LogP contribution in [0.15, 0.2) is 94.4 Å². The van der Waals surface area contributed by atoms with E-state index in [0.29, 0.717) is 79.0 Å². The van der Waals surface area contributed by atoms with Gasteiger partial charge in [-0.1, -0.05) is 86.7 Å². The summed E-state index contributed by atoms with van der Waals surface area (Å²) in [6.07, 6.45) is 0.431. The summed E-state index contributed by atoms with van der Waals surface area (Å²) in [5.41, 5.74) is 4.81. The first-order valence-corrected chi connectivity index (χ1v) is 37.2. The second-order valence-electron chi connectivity index (χ2n) is 23.2. The van der Waals surface area contributed by atoms with Crippen molar-refractivity contribution in [3.05, 3.63) is 106 Å². The first-order chi connectivity index (χ1) is 39.5. The molecule has 1 amide bonds. The monoisotopic (exact) mass is 1230 g/mol. The first-order valence-electron chi connectivity index (χ1n) is 27.1. The third-order valence-corrected chi connectivity index (χ3v) is 19.9. The zero-order valence-electron chi connectivity index (χ0n) is 46.8. The lowest BCUT2D eigenvalue weighted by molar-refractivity contribution is 0.00332. The van der Waals surface area contributed by atoms with Crippen molar-refractivity contribution in [1.29, 1.82) is 0 Å². The Kier molecular flexibility index (Phi) is 18.2. The Hall–Kier alpha value is -5.79. The number of ether oxygens (including phenoxy) is 8. The SMILES string of the molecule is C[Si](C)(C)CCOCn1c(O[C@@H]2CO[C@H]3[C@@H]2OC[C@H]3O)nc2cc(Cl)c(-c3ccc(C(=O)N=S(C)(=O)c4cccnc4)cc3)nc21.C[Si](C)(C)CCOCn1c(O[C@@H]2CO[C@H]3[C@@H]2OC[C@H]3O)nc2cc(Cl)c(-c3ccc(C(=O)O)cc3)nc21. The van der Waals surface area contributed by atoms with Gasteiger partial charge in [-0.2, -0.15) is 14.3 Å². The predicted octanol–water partition coefficient (Wildman–Crippen LogP) is 8.33. The van der Waals surface area contributed by atoms with Crippen LogP contribution in [-0.2, 0) is 51.6 Å². The number of imidazole rings is 2. The quantitative estimate of drug-likeness (QED) is 0.0507. The third-order valence-electron chi connectivity index (χ3n) is 14.3. The molecule has 0 aliphatic carbocycles. The van der Waals surface area contributed by atoms with Crippen molar-refractivity contribution in [3.8, 4) is 34.5 Å². The van der Waals surface area contributed by atoms with Crippen molar-refractivity contribution in [2.45, 2.75) is 119 Å². The number of carboxylic acid groups (broad SMARTS) is 1. The number of carbonyl (C=O) groups excluding carboxylic acids is 1. The maximum absolute atomic E-state index is 13.1. The van der Waals surface area contributed by atoms with Crippen LogP contribution in [0.3, 0.4) is 0 Å². The number of aliphatic hydroxyl groups is 2. The smallest absolute Gasteiger partial charge is 0.335 e. The van der Waals surface area contributed by atoms with Gasteiger partial charge in [0.25, 0.3) is 5.91 Å². The first kappa shape index (κ1) is 60.3. The van der Waals surface area contributed by atoms with Crippen LogP contribution in [0.2, 0.25) is 61.4 Å². The molecule has 2 aromatic carbocycles. The van der Waals surface area contributed by atoms with Crippen LogP contribution in [0.5, 0.6) is 12.0 Å². The standard InChI is InChI=1S/C31H36ClN5O7SSi.C25H30ClN3O7Si/c1-45(40,21-6-5-11-33-15-21)36-30(39)20-9-7-19(8-10-20)26-22(32)14-23-29(35-26)37(18-41-12-13-46(2,3)4)31(34-23)44-25-17-43-27-24(38)16-42-28(25)27;1-37(2,3)9-8-33-13-29-23-17(27-25(29)36-19-12-35-21-18(30)11-34-22(19)21)10-16(26)20(28-23)14-4-6-15(7-5-14)24(31)32/h5-11,14-15,24-25,27-28,38H,12-13,16-18H2,1-4H3;4-7,10,18-19,21-22,30H,8-9,11-13H2,1-3H3,(H,31,32)/t24-,25-,27-,28-,45?;18-,19-,21-,22-/m11/s1. The number of benzene rings is 2. The molecule has 4 aliphatic heterocycles. The molecule has 83 heavy (non-hydrogen) atoms. The molecule has 4 aliphatic rings. The maximum Gasteiger partial charge on any atom is 0.335 e. The fourth-order valence-corrected chi connectivity index (χ4v) is 12.8. The van der Waals surface area contributed by atoms with Gasteiger partial charge < -0.3 is 53.2 Å². The zero-order chi connectivity index (χ0) is 59.0. The zero-order valence-corrected chi connectivity index (χ0v) is 51.2. The number of hydrogen-bond acceptors (Lipinski definition) is 18. The Morgan fingerprint density at radius 2 is 1.11 bits per heavy atom. The van der Waals surface area contributed by atoms with E-state index >= 15 is 0 Å². The molecule has 4 saturated heterocycles. The number of fused-ring (bicyclic) bond motifs is 4. The fraction of sp³-hybridized carbons (Fsp3) is 0.446. The summed E-state index contributed by atoms with van der Waals surface area (Å²) in [7, 11) is -5.57. The summed E-state index contributed by atoms with van der Waals surface area (Å²) in [5, 5.41) is 30.2. The van der Waals surface area contributed by atoms with E-state index in [4.69, 9.17) is 71.1 Å². The van der Waals surface area contributed by atoms with E-state index in [2.05, 4.69) is 58.6 Å². The molecule has 0 radical (unpaired) electrons. The second kappa shape index (κ2) is 25.0. The Labute approximate surface area is 491 Å². The largest absolute Gasteiger partial charge is 0.478 e. The number of hydrogen-bond donors (Lipinski definition) is 3. The summed E-state index contributed by atoms with van der Waals surface area (Å²) < 4.78 is 68.1. The van der Waals surface area contributed by atoms with E-state index in [1.807, 2.05) is 0 Å². The van der Waals surface area contributed by atoms with Gasteiger partial charge in [-0.15, -0.1) is 0 Å². The molecule has 3 N–H and O–H groups in total. The normalized spacial score (nSPS) is 22.9. The lowest BCUT2D eigenvalue weighted by atomic mass is 10.1. The summed E-state index contributed by atoms with van der Waals surface area (Å²) in [6.45, 7) is 16.1. The minimum atomic E-state index is -2.97. The Morgan fingerprint density at radius 3 is 1.53 bits per heavy atom. The molecular weight excluding hydrogens is 1170 g/mol. The average molecular weight is 1230 g/mol. The van der Waals surface area contributed by atoms with Gasteiger partial charge in [-0.3, -0.25) is 18.9 Å². The highest BCUT2D eigenvalue weighted by Crippen LogP contribution is 2.37. The van der Waals surface area contributed by atoms with Crippen LogP contribution in [0.1, 0.15) is 20.7 Å². The number of halogens is 2. The van der Waals surface area contributed by atoms with Crippen LogP contribution in [0.25, 0.3) is 44.8 Å². The summed E-state index contributed by atoms with van der Waals surface area (Å²) >= 11 is 13.3. The average Bonchev–Trinajstić information content (AvgIpc) is 3.83. The highest BCUT2D eigenvalue weighted by atomic mass is 35.5. The van der Waals surface area contributed by atoms with E-state index in [1.54, 1.807) is 76.0 Å². The molecule has 0 saturated carbocycles. The number of aromatic carboxylic acids is 1. The van der Waals surface area contributed by atoms with E-state index < -0.39 is 86.6 Å². The minimum Gasteiger partial charge on any atom is -0.478 e. The number of carboxylic acids is 1. The molecule has 9 atom stereocenters. The lowest BCUT2D eigenvalue weighted by Gasteiger charge is -2.19. The van der Waals surface area contributed by atoms with Crippen LogP contribution in [-0.4, -0.2) is 176 Å². The molecule has 4 fully saturated rings. The number of carbonyl (C=O) groups is 2. The highest BCUT2D eigenvalue weighted by Gasteiger charge is 2.50. The summed E-state index contributed by atoms with van der Waals surface area (Å²) in [4.78, 5) is 47.5. The van der Waals surface area contributed by atoms with Gasteiger partial charge >= 0.3 is 18.0 Å². The van der Waals surface area contributed by atoms with Gasteiger partial charge in [0.1, 0.15) is 61.1 Å². The van der Waals surface area contributed by atoms with Crippen molar-refractivity contribution in [2.75, 3.05) is 45.9 Å². The van der Waals surface area contributed by atoms with Crippen LogP contribution >= 0.6 is 23.2 Å². The van der Waals surface area contributed by atoms with Crippen LogP contribution < -0.4 is 9.47 Å². The number of aliphatic hydroxyl groups excluding tert-OH is 2. The molecule has 22 nitrogen and oxygen atoms in total. The van der Waals surface area contributed by atoms with Gasteiger partial charge in [0.2, 0.25) is 0 Å². The Bertz CT molecular complexity index is 3620. The fourth-order valence-electron chi connectivity index (χ4n) is 9.63. The van der Waals surface area contributed by atoms with Gasteiger partial charge in [0.15, 0.2) is 23.5 Å². The molecule has 5 aromatic heterocycles. The number of nitrogens with zero attached hydrogens (tertiary/aromatic N) is 8. The van der Waals surface area contributed by atoms with E-state index in [-0.39, 0.29) is 57.0 Å². The highest BCUT2D eigenvalue weighted by molar-refractivity contribution is 7.93. The van der Waals surface area contributed by atoms with Gasteiger partial charge in [0, 0.05) is 64.7 Å². The predicted molar refractivity (Wildman–Crippen MR) is 314 cm³/mol. The van der Waals surface area contributed by atoms with Crippen molar-refractivity contribution >= 4 is 83.3 Å². The number of aromatic nitrogens is 7. The van der Waals surface area contributed by atoms with Gasteiger partial charge in [0.05, 0.1) is 68.0 Å². The van der Waals surface area contributed by atoms with Crippen molar-refractivity contribution < 1.29 is 67.0 Å². The lowest BCUT2D eigenvalue weighted by Crippen LogP contribution is -2.35. The maximum atomic E-state index is 13.1. The van der Waals surface area contributed by atoms with Crippen molar-refractivity contribution in [2.24, 2.45) is 4.36 Å². The molecule has 11 rings (SSSR count). The minimum absolute atomic E-state index is 0.151. The molecule has 9 heterocycles. The van der Waals surface area contributed by atoms with E-state index in [0.717, 1.165) is 12.1 Å². The topological polar surface area (TPSA) is 272 Å². The molecule has 442 valence electrons. The van der Waals surface area contributed by atoms with Crippen molar-refractivity contribution in [1.82, 2.24) is 34.1 Å². The van der Waals surface area contributed by atoms with Crippen molar-refractivity contribution in [3.63, 3.8) is 0 Å². The molecular formula is C56H66Cl2N8O14SSi2. The molecule has 7 aromatic rings. The number of pyridine rings is 3. The molecule has 1 unspecified atom stereocenters.